The molecule has 0 unspecified atom stereocenters. The number of ether oxygens (including phenoxy) is 2. The molecule has 1 saturated carbocycles. The maximum Gasteiger partial charge on any atom is 0.220 e. The minimum atomic E-state index is 0.175. The molecule has 0 aliphatic heterocycles. The van der Waals surface area contributed by atoms with Gasteiger partial charge in [-0.05, 0) is 50.1 Å². The van der Waals surface area contributed by atoms with E-state index in [0.717, 1.165) is 43.9 Å². The summed E-state index contributed by atoms with van der Waals surface area (Å²) in [5, 5.41) is 6.26. The average molecular weight is 292 g/mol. The number of methoxy groups -OCH3 is 1. The maximum absolute atomic E-state index is 11.4. The Bertz CT molecular complexity index is 430. The summed E-state index contributed by atoms with van der Waals surface area (Å²) in [5.41, 5.74) is 0. The lowest BCUT2D eigenvalue weighted by Crippen LogP contribution is -2.27. The van der Waals surface area contributed by atoms with Gasteiger partial charge in [-0.25, -0.2) is 0 Å². The Morgan fingerprint density at radius 2 is 1.90 bits per heavy atom. The molecule has 2 N–H and O–H groups in total. The topological polar surface area (TPSA) is 59.6 Å². The number of carbonyl (C=O) groups excluding carboxylic acids is 1. The highest BCUT2D eigenvalue weighted by molar-refractivity contribution is 5.76. The van der Waals surface area contributed by atoms with Gasteiger partial charge in [-0.1, -0.05) is 0 Å². The SMILES string of the molecule is COc1ccc(OCCNCCCC(=O)NC2CC2)cc1. The van der Waals surface area contributed by atoms with E-state index in [4.69, 9.17) is 9.47 Å². The van der Waals surface area contributed by atoms with Crippen molar-refractivity contribution < 1.29 is 14.3 Å². The molecule has 5 nitrogen and oxygen atoms in total. The van der Waals surface area contributed by atoms with Crippen LogP contribution in [0.5, 0.6) is 11.5 Å². The molecular weight excluding hydrogens is 268 g/mol. The summed E-state index contributed by atoms with van der Waals surface area (Å²) < 4.78 is 10.7. The molecular formula is C16H24N2O3. The number of amides is 1. The van der Waals surface area contributed by atoms with Gasteiger partial charge in [0, 0.05) is 19.0 Å². The standard InChI is InChI=1S/C16H24N2O3/c1-20-14-6-8-15(9-7-14)21-12-11-17-10-2-3-16(19)18-13-4-5-13/h6-9,13,17H,2-5,10-12H2,1H3,(H,18,19). The molecule has 0 heterocycles. The summed E-state index contributed by atoms with van der Waals surface area (Å²) in [4.78, 5) is 11.4. The Hall–Kier alpha value is -1.75. The number of hydrogen-bond donors (Lipinski definition) is 2. The lowest BCUT2D eigenvalue weighted by atomic mass is 10.3. The van der Waals surface area contributed by atoms with E-state index in [0.29, 0.717) is 19.1 Å². The summed E-state index contributed by atoms with van der Waals surface area (Å²) in [6.07, 6.45) is 3.75. The van der Waals surface area contributed by atoms with Crippen molar-refractivity contribution in [1.82, 2.24) is 10.6 Å². The van der Waals surface area contributed by atoms with Crippen LogP contribution in [0.25, 0.3) is 0 Å². The molecule has 1 aromatic carbocycles. The van der Waals surface area contributed by atoms with E-state index >= 15 is 0 Å². The van der Waals surface area contributed by atoms with Crippen LogP contribution < -0.4 is 20.1 Å². The van der Waals surface area contributed by atoms with Crippen molar-refractivity contribution in [3.05, 3.63) is 24.3 Å². The second kappa shape index (κ2) is 8.52. The van der Waals surface area contributed by atoms with Crippen LogP contribution in [0.4, 0.5) is 0 Å². The van der Waals surface area contributed by atoms with Gasteiger partial charge in [0.2, 0.25) is 5.91 Å². The second-order valence-corrected chi connectivity index (χ2v) is 5.22. The van der Waals surface area contributed by atoms with E-state index in [2.05, 4.69) is 10.6 Å². The molecule has 2 rings (SSSR count). The van der Waals surface area contributed by atoms with Crippen LogP contribution in [0, 0.1) is 0 Å². The van der Waals surface area contributed by atoms with Crippen molar-refractivity contribution in [3.8, 4) is 11.5 Å². The lowest BCUT2D eigenvalue weighted by molar-refractivity contribution is -0.121. The Labute approximate surface area is 126 Å². The van der Waals surface area contributed by atoms with Crippen LogP contribution in [0.2, 0.25) is 0 Å². The zero-order valence-corrected chi connectivity index (χ0v) is 12.6. The van der Waals surface area contributed by atoms with E-state index in [9.17, 15) is 4.79 Å². The molecule has 116 valence electrons. The molecule has 1 fully saturated rings. The van der Waals surface area contributed by atoms with Crippen molar-refractivity contribution in [2.45, 2.75) is 31.7 Å². The van der Waals surface area contributed by atoms with E-state index in [1.165, 1.54) is 0 Å². The quantitative estimate of drug-likeness (QED) is 0.645. The molecule has 0 spiro atoms. The first-order valence-electron chi connectivity index (χ1n) is 7.55. The summed E-state index contributed by atoms with van der Waals surface area (Å²) in [6, 6.07) is 7.99. The van der Waals surface area contributed by atoms with Gasteiger partial charge in [0.1, 0.15) is 18.1 Å². The maximum atomic E-state index is 11.4. The Balaban J connectivity index is 1.44. The van der Waals surface area contributed by atoms with Gasteiger partial charge in [-0.2, -0.15) is 0 Å². The first-order chi connectivity index (χ1) is 10.3. The normalized spacial score (nSPS) is 13.8. The van der Waals surface area contributed by atoms with Crippen molar-refractivity contribution in [3.63, 3.8) is 0 Å². The molecule has 1 aromatic rings. The van der Waals surface area contributed by atoms with Crippen LogP contribution >= 0.6 is 0 Å². The third-order valence-corrected chi connectivity index (χ3v) is 3.31. The number of hydrogen-bond acceptors (Lipinski definition) is 4. The van der Waals surface area contributed by atoms with Gasteiger partial charge in [-0.15, -0.1) is 0 Å². The molecule has 21 heavy (non-hydrogen) atoms. The monoisotopic (exact) mass is 292 g/mol. The molecule has 5 heteroatoms. The molecule has 0 saturated heterocycles. The van der Waals surface area contributed by atoms with Crippen LogP contribution in [0.3, 0.4) is 0 Å². The predicted molar refractivity (Wildman–Crippen MR) is 81.8 cm³/mol. The highest BCUT2D eigenvalue weighted by Crippen LogP contribution is 2.18. The fourth-order valence-corrected chi connectivity index (χ4v) is 1.94. The number of nitrogens with one attached hydrogen (secondary N) is 2. The molecule has 1 aliphatic rings. The third kappa shape index (κ3) is 6.49. The third-order valence-electron chi connectivity index (χ3n) is 3.31. The van der Waals surface area contributed by atoms with Crippen LogP contribution in [0.1, 0.15) is 25.7 Å². The van der Waals surface area contributed by atoms with Crippen molar-refractivity contribution in [2.24, 2.45) is 0 Å². The molecule has 0 aromatic heterocycles. The highest BCUT2D eigenvalue weighted by atomic mass is 16.5. The zero-order chi connectivity index (χ0) is 14.9. The van der Waals surface area contributed by atoms with Crippen LogP contribution in [-0.2, 0) is 4.79 Å². The fraction of sp³-hybridized carbons (Fsp3) is 0.562. The largest absolute Gasteiger partial charge is 0.497 e. The summed E-state index contributed by atoms with van der Waals surface area (Å²) >= 11 is 0. The zero-order valence-electron chi connectivity index (χ0n) is 12.6. The van der Waals surface area contributed by atoms with Crippen molar-refractivity contribution in [2.75, 3.05) is 26.8 Å². The van der Waals surface area contributed by atoms with Gasteiger partial charge in [-0.3, -0.25) is 4.79 Å². The van der Waals surface area contributed by atoms with E-state index < -0.39 is 0 Å². The Morgan fingerprint density at radius 1 is 1.19 bits per heavy atom. The lowest BCUT2D eigenvalue weighted by Gasteiger charge is -2.08. The van der Waals surface area contributed by atoms with Crippen LogP contribution in [-0.4, -0.2) is 38.8 Å². The summed E-state index contributed by atoms with van der Waals surface area (Å²) in [6.45, 7) is 2.22. The number of rotatable bonds is 10. The predicted octanol–water partition coefficient (Wildman–Crippen LogP) is 1.72. The average Bonchev–Trinajstić information content (AvgIpc) is 3.31. The van der Waals surface area contributed by atoms with Gasteiger partial charge >= 0.3 is 0 Å². The molecule has 0 radical (unpaired) electrons. The number of carbonyl (C=O) groups is 1. The van der Waals surface area contributed by atoms with Gasteiger partial charge in [0.15, 0.2) is 0 Å². The Morgan fingerprint density at radius 3 is 2.57 bits per heavy atom. The minimum absolute atomic E-state index is 0.175. The first kappa shape index (κ1) is 15.6. The van der Waals surface area contributed by atoms with Gasteiger partial charge in [0.05, 0.1) is 7.11 Å². The molecule has 0 bridgehead atoms. The molecule has 1 amide bonds. The van der Waals surface area contributed by atoms with Crippen LogP contribution in [0.15, 0.2) is 24.3 Å². The van der Waals surface area contributed by atoms with E-state index in [1.54, 1.807) is 7.11 Å². The van der Waals surface area contributed by atoms with E-state index in [1.807, 2.05) is 24.3 Å². The van der Waals surface area contributed by atoms with Gasteiger partial charge in [0.25, 0.3) is 0 Å². The second-order valence-electron chi connectivity index (χ2n) is 5.22. The van der Waals surface area contributed by atoms with Crippen molar-refractivity contribution in [1.29, 1.82) is 0 Å². The molecule has 1 aliphatic carbocycles. The molecule has 0 atom stereocenters. The smallest absolute Gasteiger partial charge is 0.220 e. The fourth-order valence-electron chi connectivity index (χ4n) is 1.94. The van der Waals surface area contributed by atoms with Crippen molar-refractivity contribution >= 4 is 5.91 Å². The Kier molecular flexibility index (Phi) is 6.34. The first-order valence-corrected chi connectivity index (χ1v) is 7.55. The van der Waals surface area contributed by atoms with E-state index in [-0.39, 0.29) is 5.91 Å². The minimum Gasteiger partial charge on any atom is -0.497 e. The summed E-state index contributed by atoms with van der Waals surface area (Å²) in [5.74, 6) is 1.83. The van der Waals surface area contributed by atoms with Gasteiger partial charge < -0.3 is 20.1 Å². The highest BCUT2D eigenvalue weighted by Gasteiger charge is 2.22. The summed E-state index contributed by atoms with van der Waals surface area (Å²) in [7, 11) is 1.64. The number of benzene rings is 1.